The second-order valence-corrected chi connectivity index (χ2v) is 7.89. The van der Waals surface area contributed by atoms with Gasteiger partial charge in [0.25, 0.3) is 5.91 Å². The summed E-state index contributed by atoms with van der Waals surface area (Å²) < 4.78 is 11.6. The molecule has 6 nitrogen and oxygen atoms in total. The number of amides is 1. The summed E-state index contributed by atoms with van der Waals surface area (Å²) in [5, 5.41) is 11.2. The molecule has 4 aromatic rings. The molecule has 3 aromatic carbocycles. The van der Waals surface area contributed by atoms with E-state index in [1.54, 1.807) is 12.1 Å². The van der Waals surface area contributed by atoms with E-state index in [1.165, 1.54) is 5.56 Å². The van der Waals surface area contributed by atoms with Crippen molar-refractivity contribution in [1.82, 2.24) is 15.5 Å². The normalized spacial score (nSPS) is 11.8. The quantitative estimate of drug-likeness (QED) is 0.342. The van der Waals surface area contributed by atoms with E-state index < -0.39 is 0 Å². The number of carbonyl (C=O) groups is 1. The Morgan fingerprint density at radius 2 is 1.52 bits per heavy atom. The van der Waals surface area contributed by atoms with Crippen LogP contribution in [0, 0.1) is 6.92 Å². The third kappa shape index (κ3) is 5.93. The molecule has 0 fully saturated rings. The summed E-state index contributed by atoms with van der Waals surface area (Å²) in [6, 6.07) is 25.1. The summed E-state index contributed by atoms with van der Waals surface area (Å²) in [4.78, 5) is 12.4. The second-order valence-electron chi connectivity index (χ2n) is 7.89. The van der Waals surface area contributed by atoms with Crippen molar-refractivity contribution >= 4 is 5.91 Å². The van der Waals surface area contributed by atoms with Crippen molar-refractivity contribution in [3.63, 3.8) is 0 Å². The largest absolute Gasteiger partial charge is 0.416 e. The molecule has 1 atom stereocenters. The first-order valence-electron chi connectivity index (χ1n) is 11.1. The molecule has 0 radical (unpaired) electrons. The molecule has 168 valence electrons. The first-order chi connectivity index (χ1) is 16.1. The van der Waals surface area contributed by atoms with Crippen molar-refractivity contribution in [2.45, 2.75) is 26.4 Å². The average molecular weight is 442 g/mol. The molecule has 1 heterocycles. The van der Waals surface area contributed by atoms with Crippen LogP contribution >= 0.6 is 0 Å². The Hall–Kier alpha value is -3.77. The Bertz CT molecular complexity index is 1170. The van der Waals surface area contributed by atoms with Crippen LogP contribution in [0.25, 0.3) is 22.9 Å². The molecule has 0 bridgehead atoms. The zero-order valence-electron chi connectivity index (χ0n) is 18.8. The number of benzene rings is 3. The van der Waals surface area contributed by atoms with Crippen LogP contribution in [0.15, 0.2) is 83.3 Å². The summed E-state index contributed by atoms with van der Waals surface area (Å²) in [5.74, 6) is 0.765. The van der Waals surface area contributed by atoms with Gasteiger partial charge in [-0.1, -0.05) is 48.0 Å². The van der Waals surface area contributed by atoms with Crippen molar-refractivity contribution in [3.8, 4) is 22.9 Å². The SMILES string of the molecule is Cc1ccc(-c2nnc(-c3ccc(C(=O)NCCCOC(C)c4ccccc4)cc3)o2)cc1. The molecule has 0 spiro atoms. The topological polar surface area (TPSA) is 77.2 Å². The number of nitrogens with zero attached hydrogens (tertiary/aromatic N) is 2. The first kappa shape index (κ1) is 22.4. The molecular weight excluding hydrogens is 414 g/mol. The Morgan fingerprint density at radius 1 is 0.909 bits per heavy atom. The number of hydrogen-bond donors (Lipinski definition) is 1. The molecule has 1 aromatic heterocycles. The highest BCUT2D eigenvalue weighted by Crippen LogP contribution is 2.24. The first-order valence-corrected chi connectivity index (χ1v) is 11.1. The molecule has 0 aliphatic rings. The van der Waals surface area contributed by atoms with Gasteiger partial charge in [-0.05, 0) is 62.2 Å². The van der Waals surface area contributed by atoms with Crippen molar-refractivity contribution in [2.24, 2.45) is 0 Å². The Morgan fingerprint density at radius 3 is 2.15 bits per heavy atom. The van der Waals surface area contributed by atoms with Gasteiger partial charge in [0.05, 0.1) is 6.10 Å². The van der Waals surface area contributed by atoms with Crippen molar-refractivity contribution < 1.29 is 13.9 Å². The smallest absolute Gasteiger partial charge is 0.251 e. The third-order valence-corrected chi connectivity index (χ3v) is 5.36. The molecule has 0 aliphatic carbocycles. The van der Waals surface area contributed by atoms with E-state index in [9.17, 15) is 4.79 Å². The van der Waals surface area contributed by atoms with Gasteiger partial charge in [0.2, 0.25) is 11.8 Å². The summed E-state index contributed by atoms with van der Waals surface area (Å²) in [6.45, 7) is 5.19. The van der Waals surface area contributed by atoms with Crippen LogP contribution in [0.5, 0.6) is 0 Å². The van der Waals surface area contributed by atoms with Crippen LogP contribution in [0.3, 0.4) is 0 Å². The summed E-state index contributed by atoms with van der Waals surface area (Å²) in [7, 11) is 0. The van der Waals surface area contributed by atoms with E-state index >= 15 is 0 Å². The lowest BCUT2D eigenvalue weighted by Crippen LogP contribution is -2.25. The van der Waals surface area contributed by atoms with Gasteiger partial charge in [-0.2, -0.15) is 0 Å². The molecule has 0 aliphatic heterocycles. The highest BCUT2D eigenvalue weighted by molar-refractivity contribution is 5.94. The molecule has 1 unspecified atom stereocenters. The molecule has 1 amide bonds. The minimum absolute atomic E-state index is 0.0330. The van der Waals surface area contributed by atoms with Crippen LogP contribution in [-0.4, -0.2) is 29.3 Å². The summed E-state index contributed by atoms with van der Waals surface area (Å²) in [5.41, 5.74) is 4.53. The van der Waals surface area contributed by atoms with Crippen molar-refractivity contribution in [1.29, 1.82) is 0 Å². The van der Waals surface area contributed by atoms with Crippen molar-refractivity contribution in [3.05, 3.63) is 95.6 Å². The van der Waals surface area contributed by atoms with Gasteiger partial charge in [0.1, 0.15) is 0 Å². The van der Waals surface area contributed by atoms with E-state index in [0.29, 0.717) is 30.5 Å². The number of carbonyl (C=O) groups excluding carboxylic acids is 1. The summed E-state index contributed by atoms with van der Waals surface area (Å²) in [6.07, 6.45) is 0.774. The molecule has 6 heteroatoms. The van der Waals surface area contributed by atoms with Crippen LogP contribution in [0.1, 0.15) is 40.9 Å². The Labute approximate surface area is 193 Å². The van der Waals surface area contributed by atoms with E-state index in [4.69, 9.17) is 9.15 Å². The molecular formula is C27H27N3O3. The molecule has 4 rings (SSSR count). The molecule has 0 saturated carbocycles. The molecule has 0 saturated heterocycles. The van der Waals surface area contributed by atoms with E-state index in [-0.39, 0.29) is 12.0 Å². The fourth-order valence-corrected chi connectivity index (χ4v) is 3.37. The maximum atomic E-state index is 12.4. The Kier molecular flexibility index (Phi) is 7.27. The predicted octanol–water partition coefficient (Wildman–Crippen LogP) is 5.61. The average Bonchev–Trinajstić information content (AvgIpc) is 3.35. The van der Waals surface area contributed by atoms with Gasteiger partial charge in [-0.3, -0.25) is 4.79 Å². The van der Waals surface area contributed by atoms with E-state index in [1.807, 2.05) is 80.6 Å². The van der Waals surface area contributed by atoms with Gasteiger partial charge in [-0.15, -0.1) is 10.2 Å². The monoisotopic (exact) mass is 441 g/mol. The number of aryl methyl sites for hydroxylation is 1. The fourth-order valence-electron chi connectivity index (χ4n) is 3.37. The van der Waals surface area contributed by atoms with Crippen LogP contribution in [-0.2, 0) is 4.74 Å². The summed E-state index contributed by atoms with van der Waals surface area (Å²) >= 11 is 0. The maximum absolute atomic E-state index is 12.4. The molecule has 1 N–H and O–H groups in total. The van der Waals surface area contributed by atoms with E-state index in [0.717, 1.165) is 23.1 Å². The van der Waals surface area contributed by atoms with Gasteiger partial charge < -0.3 is 14.5 Å². The van der Waals surface area contributed by atoms with Crippen LogP contribution in [0.4, 0.5) is 0 Å². The van der Waals surface area contributed by atoms with Gasteiger partial charge in [0, 0.05) is 29.8 Å². The second kappa shape index (κ2) is 10.7. The lowest BCUT2D eigenvalue weighted by molar-refractivity contribution is 0.0635. The van der Waals surface area contributed by atoms with Crippen LogP contribution < -0.4 is 5.32 Å². The van der Waals surface area contributed by atoms with E-state index in [2.05, 4.69) is 15.5 Å². The number of hydrogen-bond acceptors (Lipinski definition) is 5. The minimum Gasteiger partial charge on any atom is -0.416 e. The maximum Gasteiger partial charge on any atom is 0.251 e. The molecule has 33 heavy (non-hydrogen) atoms. The predicted molar refractivity (Wildman–Crippen MR) is 128 cm³/mol. The van der Waals surface area contributed by atoms with Gasteiger partial charge >= 0.3 is 0 Å². The fraction of sp³-hybridized carbons (Fsp3) is 0.222. The third-order valence-electron chi connectivity index (χ3n) is 5.36. The minimum atomic E-state index is -0.122. The standard InChI is InChI=1S/C27H27N3O3/c1-19-9-11-23(12-10-19)26-29-30-27(33-26)24-15-13-22(14-16-24)25(31)28-17-6-18-32-20(2)21-7-4-3-5-8-21/h3-5,7-16,20H,6,17-18H2,1-2H3,(H,28,31). The zero-order valence-corrected chi connectivity index (χ0v) is 18.8. The number of aromatic nitrogens is 2. The highest BCUT2D eigenvalue weighted by Gasteiger charge is 2.12. The van der Waals surface area contributed by atoms with Gasteiger partial charge in [0.15, 0.2) is 0 Å². The van der Waals surface area contributed by atoms with Gasteiger partial charge in [-0.25, -0.2) is 0 Å². The highest BCUT2D eigenvalue weighted by atomic mass is 16.5. The van der Waals surface area contributed by atoms with Crippen molar-refractivity contribution in [2.75, 3.05) is 13.2 Å². The zero-order chi connectivity index (χ0) is 23.0. The number of nitrogens with one attached hydrogen (secondary N) is 1. The Balaban J connectivity index is 1.25. The van der Waals surface area contributed by atoms with Crippen LogP contribution in [0.2, 0.25) is 0 Å². The number of ether oxygens (including phenoxy) is 1. The number of rotatable bonds is 9. The lowest BCUT2D eigenvalue weighted by atomic mass is 10.1. The lowest BCUT2D eigenvalue weighted by Gasteiger charge is -2.13.